The van der Waals surface area contributed by atoms with Crippen LogP contribution in [0.1, 0.15) is 17.3 Å². The van der Waals surface area contributed by atoms with Gasteiger partial charge in [0.2, 0.25) is 0 Å². The molecular weight excluding hydrogens is 424 g/mol. The minimum absolute atomic E-state index is 0.725. The van der Waals surface area contributed by atoms with Gasteiger partial charge in [-0.1, -0.05) is 6.07 Å². The Balaban J connectivity index is 1.36. The van der Waals surface area contributed by atoms with Gasteiger partial charge in [-0.25, -0.2) is 14.5 Å². The van der Waals surface area contributed by atoms with Crippen LogP contribution in [0.4, 0.5) is 0 Å². The summed E-state index contributed by atoms with van der Waals surface area (Å²) >= 11 is 1.72. The van der Waals surface area contributed by atoms with Crippen molar-refractivity contribution >= 4 is 17.0 Å². The average Bonchev–Trinajstić information content (AvgIpc) is 3.57. The van der Waals surface area contributed by atoms with Crippen LogP contribution in [-0.4, -0.2) is 69.0 Å². The average molecular weight is 453 g/mol. The molecule has 0 bridgehead atoms. The van der Waals surface area contributed by atoms with Gasteiger partial charge in [-0.3, -0.25) is 4.90 Å². The van der Waals surface area contributed by atoms with Crippen LogP contribution in [-0.2, 0) is 24.1 Å². The van der Waals surface area contributed by atoms with Gasteiger partial charge < -0.3 is 14.0 Å². The van der Waals surface area contributed by atoms with E-state index < -0.39 is 0 Å². The molecule has 0 aliphatic carbocycles. The summed E-state index contributed by atoms with van der Waals surface area (Å²) in [6, 6.07) is 8.13. The van der Waals surface area contributed by atoms with Crippen molar-refractivity contribution in [3.05, 3.63) is 53.2 Å². The third kappa shape index (κ3) is 4.41. The molecular formula is C23H28N6O2S. The smallest absolute Gasteiger partial charge is 0.198 e. The first kappa shape index (κ1) is 21.1. The van der Waals surface area contributed by atoms with E-state index in [1.165, 1.54) is 4.88 Å². The number of pyridine rings is 1. The Hall–Kier alpha value is -2.75. The third-order valence-electron chi connectivity index (χ3n) is 5.87. The number of hydrogen-bond donors (Lipinski definition) is 0. The summed E-state index contributed by atoms with van der Waals surface area (Å²) in [5, 5.41) is 6.81. The molecule has 0 aromatic carbocycles. The van der Waals surface area contributed by atoms with Crippen molar-refractivity contribution in [2.75, 3.05) is 40.0 Å². The minimum Gasteiger partial charge on any atom is -0.493 e. The third-order valence-corrected chi connectivity index (χ3v) is 6.76. The van der Waals surface area contributed by atoms with E-state index in [0.29, 0.717) is 0 Å². The summed E-state index contributed by atoms with van der Waals surface area (Å²) in [5.41, 5.74) is 2.83. The second kappa shape index (κ2) is 9.40. The largest absolute Gasteiger partial charge is 0.493 e. The van der Waals surface area contributed by atoms with Gasteiger partial charge >= 0.3 is 0 Å². The Morgan fingerprint density at radius 2 is 1.97 bits per heavy atom. The highest BCUT2D eigenvalue weighted by molar-refractivity contribution is 7.13. The standard InChI is InChI=1S/C23H28N6O2S/c1-17-5-6-19(30-2)23-25-21(26-29(17)23)7-8-22-24-18(20-4-3-15-32-20)16-28(22)10-9-27-11-13-31-14-12-27/h3-6,15-16H,7-14H2,1-2H3. The second-order valence-electron chi connectivity index (χ2n) is 7.97. The number of morpholine rings is 1. The highest BCUT2D eigenvalue weighted by atomic mass is 32.1. The summed E-state index contributed by atoms with van der Waals surface area (Å²) in [7, 11) is 1.66. The van der Waals surface area contributed by atoms with Gasteiger partial charge in [0.25, 0.3) is 0 Å². The summed E-state index contributed by atoms with van der Waals surface area (Å²) in [4.78, 5) is 13.4. The number of rotatable bonds is 8. The number of thiophene rings is 1. The monoisotopic (exact) mass is 452 g/mol. The van der Waals surface area contributed by atoms with Crippen LogP contribution >= 0.6 is 11.3 Å². The highest BCUT2D eigenvalue weighted by Gasteiger charge is 2.16. The number of aromatic nitrogens is 5. The fourth-order valence-corrected chi connectivity index (χ4v) is 4.73. The summed E-state index contributed by atoms with van der Waals surface area (Å²) in [6.07, 6.45) is 3.70. The van der Waals surface area contributed by atoms with Gasteiger partial charge in [0.1, 0.15) is 5.82 Å². The molecule has 168 valence electrons. The van der Waals surface area contributed by atoms with Crippen molar-refractivity contribution in [2.24, 2.45) is 0 Å². The van der Waals surface area contributed by atoms with E-state index in [-0.39, 0.29) is 0 Å². The normalized spacial score (nSPS) is 14.9. The van der Waals surface area contributed by atoms with Gasteiger partial charge in [-0.2, -0.15) is 5.10 Å². The minimum atomic E-state index is 0.725. The van der Waals surface area contributed by atoms with Gasteiger partial charge in [0.15, 0.2) is 17.2 Å². The molecule has 0 atom stereocenters. The Morgan fingerprint density at radius 1 is 1.09 bits per heavy atom. The molecule has 4 aromatic rings. The number of imidazole rings is 1. The molecule has 0 N–H and O–H groups in total. The number of hydrogen-bond acceptors (Lipinski definition) is 7. The van der Waals surface area contributed by atoms with Crippen LogP contribution in [0.25, 0.3) is 16.2 Å². The quantitative estimate of drug-likeness (QED) is 0.409. The zero-order valence-electron chi connectivity index (χ0n) is 18.5. The maximum Gasteiger partial charge on any atom is 0.198 e. The summed E-state index contributed by atoms with van der Waals surface area (Å²) in [5.74, 6) is 2.61. The van der Waals surface area contributed by atoms with Crippen molar-refractivity contribution in [2.45, 2.75) is 26.3 Å². The zero-order valence-corrected chi connectivity index (χ0v) is 19.3. The van der Waals surface area contributed by atoms with Crippen molar-refractivity contribution in [3.8, 4) is 16.3 Å². The molecule has 5 rings (SSSR count). The predicted octanol–water partition coefficient (Wildman–Crippen LogP) is 3.09. The van der Waals surface area contributed by atoms with Crippen LogP contribution in [0.3, 0.4) is 0 Å². The van der Waals surface area contributed by atoms with Crippen molar-refractivity contribution in [3.63, 3.8) is 0 Å². The Morgan fingerprint density at radius 3 is 2.75 bits per heavy atom. The first-order valence-electron chi connectivity index (χ1n) is 11.0. The second-order valence-corrected chi connectivity index (χ2v) is 8.92. The van der Waals surface area contributed by atoms with E-state index in [2.05, 4.69) is 33.2 Å². The molecule has 4 aromatic heterocycles. The molecule has 0 radical (unpaired) electrons. The zero-order chi connectivity index (χ0) is 21.9. The van der Waals surface area contributed by atoms with E-state index in [4.69, 9.17) is 24.5 Å². The van der Waals surface area contributed by atoms with Gasteiger partial charge in [0, 0.05) is 50.9 Å². The summed E-state index contributed by atoms with van der Waals surface area (Å²) < 4.78 is 15.1. The Bertz CT molecular complexity index is 1180. The molecule has 1 saturated heterocycles. The van der Waals surface area contributed by atoms with Crippen LogP contribution in [0, 0.1) is 6.92 Å². The van der Waals surface area contributed by atoms with Gasteiger partial charge in [-0.15, -0.1) is 11.3 Å². The molecule has 0 amide bonds. The van der Waals surface area contributed by atoms with Crippen LogP contribution in [0.15, 0.2) is 35.8 Å². The Labute approximate surface area is 191 Å². The van der Waals surface area contributed by atoms with E-state index in [1.807, 2.05) is 23.6 Å². The molecule has 0 spiro atoms. The topological polar surface area (TPSA) is 69.7 Å². The van der Waals surface area contributed by atoms with Crippen LogP contribution in [0.5, 0.6) is 5.75 Å². The van der Waals surface area contributed by atoms with Gasteiger partial charge in [-0.05, 0) is 30.5 Å². The Kier molecular flexibility index (Phi) is 6.20. The molecule has 0 saturated carbocycles. The fraction of sp³-hybridized carbons (Fsp3) is 0.435. The highest BCUT2D eigenvalue weighted by Crippen LogP contribution is 2.25. The van der Waals surface area contributed by atoms with Crippen molar-refractivity contribution in [1.82, 2.24) is 29.0 Å². The van der Waals surface area contributed by atoms with E-state index in [9.17, 15) is 0 Å². The maximum atomic E-state index is 5.48. The molecule has 32 heavy (non-hydrogen) atoms. The number of fused-ring (bicyclic) bond motifs is 1. The maximum absolute atomic E-state index is 5.48. The van der Waals surface area contributed by atoms with E-state index in [0.717, 1.165) is 86.7 Å². The lowest BCUT2D eigenvalue weighted by molar-refractivity contribution is 0.0363. The first-order chi connectivity index (χ1) is 15.7. The molecule has 9 heteroatoms. The number of nitrogens with zero attached hydrogens (tertiary/aromatic N) is 6. The first-order valence-corrected chi connectivity index (χ1v) is 11.9. The SMILES string of the molecule is COc1ccc(C)n2nc(CCc3nc(-c4cccs4)cn3CCN3CCOCC3)nc12. The number of aryl methyl sites for hydroxylation is 3. The lowest BCUT2D eigenvalue weighted by Crippen LogP contribution is -2.38. The van der Waals surface area contributed by atoms with Crippen molar-refractivity contribution < 1.29 is 9.47 Å². The molecule has 5 heterocycles. The molecule has 1 aliphatic rings. The molecule has 1 aliphatic heterocycles. The lowest BCUT2D eigenvalue weighted by atomic mass is 10.3. The van der Waals surface area contributed by atoms with E-state index in [1.54, 1.807) is 18.4 Å². The van der Waals surface area contributed by atoms with Crippen molar-refractivity contribution in [1.29, 1.82) is 0 Å². The lowest BCUT2D eigenvalue weighted by Gasteiger charge is -2.26. The molecule has 8 nitrogen and oxygen atoms in total. The molecule has 0 unspecified atom stereocenters. The van der Waals surface area contributed by atoms with Crippen LogP contribution in [0.2, 0.25) is 0 Å². The van der Waals surface area contributed by atoms with Gasteiger partial charge in [0.05, 0.1) is 30.9 Å². The fourth-order valence-electron chi connectivity index (χ4n) is 4.05. The van der Waals surface area contributed by atoms with E-state index >= 15 is 0 Å². The number of ether oxygens (including phenoxy) is 2. The number of methoxy groups -OCH3 is 1. The molecule has 1 fully saturated rings. The summed E-state index contributed by atoms with van der Waals surface area (Å²) in [6.45, 7) is 7.57. The van der Waals surface area contributed by atoms with Crippen LogP contribution < -0.4 is 4.74 Å². The predicted molar refractivity (Wildman–Crippen MR) is 124 cm³/mol.